The molecule has 3 N–H and O–H groups in total. The summed E-state index contributed by atoms with van der Waals surface area (Å²) < 4.78 is 32.6. The number of phosphoric acid groups is 1. The van der Waals surface area contributed by atoms with Crippen molar-refractivity contribution in [1.29, 1.82) is 0 Å². The molecule has 0 fully saturated rings. The van der Waals surface area contributed by atoms with Gasteiger partial charge in [0.1, 0.15) is 12.2 Å². The van der Waals surface area contributed by atoms with E-state index in [0.29, 0.717) is 12.8 Å². The number of hydrogen-bond donors (Lipinski definition) is 3. The zero-order valence-electron chi connectivity index (χ0n) is 34.9. The molecule has 322 valence electrons. The highest BCUT2D eigenvalue weighted by Gasteiger charge is 2.27. The van der Waals surface area contributed by atoms with E-state index in [9.17, 15) is 29.3 Å². The minimum absolute atomic E-state index is 0.181. The topological polar surface area (TPSA) is 149 Å². The molecule has 0 aromatic carbocycles. The second kappa shape index (κ2) is 40.4. The van der Waals surface area contributed by atoms with Crippen molar-refractivity contribution >= 4 is 19.8 Å². The summed E-state index contributed by atoms with van der Waals surface area (Å²) in [5.74, 6) is -1.02. The van der Waals surface area contributed by atoms with Gasteiger partial charge in [-0.1, -0.05) is 172 Å². The van der Waals surface area contributed by atoms with Crippen molar-refractivity contribution in [3.63, 3.8) is 0 Å². The van der Waals surface area contributed by atoms with E-state index in [2.05, 4.69) is 50.3 Å². The van der Waals surface area contributed by atoms with Crippen LogP contribution in [-0.4, -0.2) is 65.7 Å². The van der Waals surface area contributed by atoms with Gasteiger partial charge in [-0.25, -0.2) is 4.57 Å². The second-order valence-electron chi connectivity index (χ2n) is 14.7. The minimum atomic E-state index is -4.64. The van der Waals surface area contributed by atoms with Gasteiger partial charge < -0.3 is 24.6 Å². The lowest BCUT2D eigenvalue weighted by Crippen LogP contribution is -2.28. The van der Waals surface area contributed by atoms with E-state index >= 15 is 0 Å². The Balaban J connectivity index is 3.92. The Morgan fingerprint density at radius 2 is 0.855 bits per heavy atom. The molecule has 0 amide bonds. The molecule has 0 aliphatic rings. The van der Waals surface area contributed by atoms with E-state index in [1.165, 1.54) is 83.5 Å². The van der Waals surface area contributed by atoms with Gasteiger partial charge in [-0.3, -0.25) is 18.6 Å². The average molecular weight is 801 g/mol. The van der Waals surface area contributed by atoms with E-state index < -0.39 is 58.4 Å². The third kappa shape index (κ3) is 38.8. The highest BCUT2D eigenvalue weighted by molar-refractivity contribution is 7.47. The van der Waals surface area contributed by atoms with E-state index in [1.807, 2.05) is 0 Å². The summed E-state index contributed by atoms with van der Waals surface area (Å²) in [6.45, 7) is 2.10. The predicted molar refractivity (Wildman–Crippen MR) is 224 cm³/mol. The van der Waals surface area contributed by atoms with E-state index in [0.717, 1.165) is 70.6 Å². The van der Waals surface area contributed by atoms with Crippen LogP contribution >= 0.6 is 7.82 Å². The van der Waals surface area contributed by atoms with Crippen LogP contribution in [0.1, 0.15) is 194 Å². The number of esters is 2. The number of hydrogen-bond acceptors (Lipinski definition) is 9. The molecule has 0 heterocycles. The fraction of sp³-hybridized carbons (Fsp3) is 0.818. The Morgan fingerprint density at radius 3 is 1.24 bits per heavy atom. The number of carbonyl (C=O) groups excluding carboxylic acids is 2. The van der Waals surface area contributed by atoms with Crippen molar-refractivity contribution in [2.45, 2.75) is 206 Å². The average Bonchev–Trinajstić information content (AvgIpc) is 3.17. The number of unbranched alkanes of at least 4 members (excludes halogenated alkanes) is 21. The SMILES string of the molecule is CC/C=C\C/C=C\C/C=C\CCCCCCCCCC(=O)OC(CO)COP(=O)(O)OCC(CO)OC(=O)CCCCCCCCCCCCCCCCC. The second-order valence-corrected chi connectivity index (χ2v) is 16.1. The fourth-order valence-electron chi connectivity index (χ4n) is 6.01. The van der Waals surface area contributed by atoms with Gasteiger partial charge in [0.25, 0.3) is 0 Å². The van der Waals surface area contributed by atoms with E-state index in [1.54, 1.807) is 0 Å². The molecule has 0 spiro atoms. The Hall–Kier alpha value is -1.81. The number of allylic oxidation sites excluding steroid dienone is 6. The molecule has 55 heavy (non-hydrogen) atoms. The molecule has 0 saturated heterocycles. The van der Waals surface area contributed by atoms with Gasteiger partial charge in [0, 0.05) is 12.8 Å². The summed E-state index contributed by atoms with van der Waals surface area (Å²) in [7, 11) is -4.64. The highest BCUT2D eigenvalue weighted by Crippen LogP contribution is 2.43. The minimum Gasteiger partial charge on any atom is -0.457 e. The molecule has 0 rings (SSSR count). The van der Waals surface area contributed by atoms with Crippen molar-refractivity contribution in [3.8, 4) is 0 Å². The summed E-state index contributed by atoms with van der Waals surface area (Å²) in [5.41, 5.74) is 0. The lowest BCUT2D eigenvalue weighted by molar-refractivity contribution is -0.153. The van der Waals surface area contributed by atoms with Gasteiger partial charge in [-0.2, -0.15) is 0 Å². The number of carbonyl (C=O) groups is 2. The van der Waals surface area contributed by atoms with Crippen LogP contribution in [0.3, 0.4) is 0 Å². The molecule has 0 aromatic rings. The third-order valence-corrected chi connectivity index (χ3v) is 10.3. The lowest BCUT2D eigenvalue weighted by atomic mass is 10.0. The van der Waals surface area contributed by atoms with Crippen LogP contribution < -0.4 is 0 Å². The standard InChI is InChI=1S/C44H81O10P/c1-3-5-7-9-11-13-15-17-19-20-22-24-26-28-30-32-34-36-44(48)54-42(38-46)40-52-55(49,50)51-39-41(37-45)53-43(47)35-33-31-29-27-25-23-21-18-16-14-12-10-8-6-4-2/h5,7,11,13,17,19,41-42,45-46H,3-4,6,8-10,12,14-16,18,20-40H2,1-2H3,(H,49,50)/b7-5-,13-11-,19-17-. The molecule has 0 saturated carbocycles. The number of ether oxygens (including phenoxy) is 2. The smallest absolute Gasteiger partial charge is 0.457 e. The Labute approximate surface area is 335 Å². The first-order chi connectivity index (χ1) is 26.8. The first-order valence-corrected chi connectivity index (χ1v) is 23.4. The molecule has 0 aliphatic carbocycles. The molecule has 10 nitrogen and oxygen atoms in total. The van der Waals surface area contributed by atoms with Crippen LogP contribution in [0.4, 0.5) is 0 Å². The van der Waals surface area contributed by atoms with E-state index in [4.69, 9.17) is 18.5 Å². The molecule has 0 aliphatic heterocycles. The normalized spacial score (nSPS) is 14.2. The summed E-state index contributed by atoms with van der Waals surface area (Å²) in [5, 5.41) is 19.2. The van der Waals surface area contributed by atoms with Crippen LogP contribution in [-0.2, 0) is 32.7 Å². The van der Waals surface area contributed by atoms with Crippen LogP contribution in [0.15, 0.2) is 36.5 Å². The molecular formula is C44H81O10P. The molecule has 3 unspecified atom stereocenters. The zero-order chi connectivity index (χ0) is 40.5. The van der Waals surface area contributed by atoms with Crippen molar-refractivity contribution < 1.29 is 47.8 Å². The number of rotatable bonds is 41. The van der Waals surface area contributed by atoms with Crippen LogP contribution in [0, 0.1) is 0 Å². The summed E-state index contributed by atoms with van der Waals surface area (Å²) in [6.07, 6.45) is 41.1. The number of aliphatic hydroxyl groups excluding tert-OH is 2. The number of aliphatic hydroxyl groups is 2. The summed E-state index contributed by atoms with van der Waals surface area (Å²) in [4.78, 5) is 34.5. The van der Waals surface area contributed by atoms with Crippen LogP contribution in [0.5, 0.6) is 0 Å². The Bertz CT molecular complexity index is 1010. The maximum atomic E-state index is 12.4. The predicted octanol–water partition coefficient (Wildman–Crippen LogP) is 11.6. The molecule has 0 aromatic heterocycles. The van der Waals surface area contributed by atoms with Crippen LogP contribution in [0.25, 0.3) is 0 Å². The van der Waals surface area contributed by atoms with Gasteiger partial charge in [0.2, 0.25) is 0 Å². The molecule has 0 radical (unpaired) electrons. The number of phosphoric ester groups is 1. The zero-order valence-corrected chi connectivity index (χ0v) is 35.8. The highest BCUT2D eigenvalue weighted by atomic mass is 31.2. The lowest BCUT2D eigenvalue weighted by Gasteiger charge is -2.20. The van der Waals surface area contributed by atoms with Crippen molar-refractivity contribution in [3.05, 3.63) is 36.5 Å². The van der Waals surface area contributed by atoms with Crippen molar-refractivity contribution in [2.75, 3.05) is 26.4 Å². The van der Waals surface area contributed by atoms with Crippen LogP contribution in [0.2, 0.25) is 0 Å². The van der Waals surface area contributed by atoms with Gasteiger partial charge in [-0.05, 0) is 44.9 Å². The van der Waals surface area contributed by atoms with Gasteiger partial charge in [0.05, 0.1) is 26.4 Å². The quantitative estimate of drug-likeness (QED) is 0.0236. The Morgan fingerprint density at radius 1 is 0.509 bits per heavy atom. The maximum absolute atomic E-state index is 12.4. The van der Waals surface area contributed by atoms with Crippen molar-refractivity contribution in [2.24, 2.45) is 0 Å². The third-order valence-electron chi connectivity index (χ3n) is 9.37. The monoisotopic (exact) mass is 801 g/mol. The molecule has 11 heteroatoms. The molecule has 3 atom stereocenters. The largest absolute Gasteiger partial charge is 0.472 e. The van der Waals surface area contributed by atoms with E-state index in [-0.39, 0.29) is 12.8 Å². The Kier molecular flexibility index (Phi) is 39.1. The summed E-state index contributed by atoms with van der Waals surface area (Å²) >= 11 is 0. The van der Waals surface area contributed by atoms with Crippen molar-refractivity contribution in [1.82, 2.24) is 0 Å². The maximum Gasteiger partial charge on any atom is 0.472 e. The molecule has 0 bridgehead atoms. The van der Waals surface area contributed by atoms with Gasteiger partial charge in [0.15, 0.2) is 0 Å². The van der Waals surface area contributed by atoms with Gasteiger partial charge >= 0.3 is 19.8 Å². The summed E-state index contributed by atoms with van der Waals surface area (Å²) in [6, 6.07) is 0. The first-order valence-electron chi connectivity index (χ1n) is 21.9. The fourth-order valence-corrected chi connectivity index (χ4v) is 6.80. The van der Waals surface area contributed by atoms with Gasteiger partial charge in [-0.15, -0.1) is 0 Å². The molecular weight excluding hydrogens is 719 g/mol. The first kappa shape index (κ1) is 53.2.